The molecule has 0 saturated carbocycles. The van der Waals surface area contributed by atoms with Crippen molar-refractivity contribution in [3.8, 4) is 0 Å². The fourth-order valence-electron chi connectivity index (χ4n) is 2.61. The number of nitrogens with one attached hydrogen (secondary N) is 2. The zero-order chi connectivity index (χ0) is 21.7. The number of Topliss-reactive ketones (excluding diaryl/α,β-unsaturated/α-hetero) is 1. The van der Waals surface area contributed by atoms with Gasteiger partial charge in [-0.2, -0.15) is 0 Å². The van der Waals surface area contributed by atoms with E-state index in [2.05, 4.69) is 10.6 Å². The van der Waals surface area contributed by atoms with Crippen LogP contribution in [0.2, 0.25) is 0 Å². The first-order chi connectivity index (χ1) is 14.3. The Morgan fingerprint density at radius 2 is 1.33 bits per heavy atom. The molecular formula is C21H17N3O5S. The number of nitrogens with two attached hydrogens (primary N) is 1. The number of anilines is 2. The molecule has 0 aliphatic heterocycles. The average Bonchev–Trinajstić information content (AvgIpc) is 2.74. The van der Waals surface area contributed by atoms with Crippen molar-refractivity contribution in [2.24, 2.45) is 5.14 Å². The molecule has 0 unspecified atom stereocenters. The van der Waals surface area contributed by atoms with Gasteiger partial charge in [-0.05, 0) is 48.5 Å². The highest BCUT2D eigenvalue weighted by molar-refractivity contribution is 7.89. The molecular weight excluding hydrogens is 406 g/mol. The lowest BCUT2D eigenvalue weighted by Gasteiger charge is -2.11. The summed E-state index contributed by atoms with van der Waals surface area (Å²) in [7, 11) is -3.87. The van der Waals surface area contributed by atoms with E-state index < -0.39 is 27.6 Å². The Morgan fingerprint density at radius 1 is 0.733 bits per heavy atom. The molecule has 0 spiro atoms. The molecule has 0 aromatic heterocycles. The Labute approximate surface area is 172 Å². The van der Waals surface area contributed by atoms with Gasteiger partial charge >= 0.3 is 0 Å². The molecule has 3 aromatic rings. The zero-order valence-corrected chi connectivity index (χ0v) is 16.3. The van der Waals surface area contributed by atoms with E-state index in [4.69, 9.17) is 5.14 Å². The maximum absolute atomic E-state index is 12.6. The van der Waals surface area contributed by atoms with Crippen LogP contribution in [0, 0.1) is 0 Å². The number of hydrogen-bond donors (Lipinski definition) is 3. The first-order valence-electron chi connectivity index (χ1n) is 8.69. The maximum atomic E-state index is 12.6. The Kier molecular flexibility index (Phi) is 6.05. The number of primary sulfonamides is 1. The van der Waals surface area contributed by atoms with Crippen molar-refractivity contribution in [2.75, 3.05) is 10.6 Å². The lowest BCUT2D eigenvalue weighted by atomic mass is 10.1. The molecule has 2 amide bonds. The molecule has 0 saturated heterocycles. The van der Waals surface area contributed by atoms with Crippen molar-refractivity contribution >= 4 is 39.0 Å². The molecule has 0 bridgehead atoms. The molecule has 8 nitrogen and oxygen atoms in total. The summed E-state index contributed by atoms with van der Waals surface area (Å²) in [6.45, 7) is 0. The third-order valence-corrected chi connectivity index (χ3v) is 5.03. The highest BCUT2D eigenvalue weighted by Gasteiger charge is 2.21. The molecule has 152 valence electrons. The van der Waals surface area contributed by atoms with Crippen LogP contribution >= 0.6 is 0 Å². The van der Waals surface area contributed by atoms with Gasteiger partial charge in [0.25, 0.3) is 17.6 Å². The number of ketones is 1. The van der Waals surface area contributed by atoms with Crippen molar-refractivity contribution < 1.29 is 22.8 Å². The minimum atomic E-state index is -3.87. The first-order valence-corrected chi connectivity index (χ1v) is 10.2. The van der Waals surface area contributed by atoms with E-state index >= 15 is 0 Å². The molecule has 0 heterocycles. The SMILES string of the molecule is NS(=O)(=O)c1ccc(NC(=O)C(=O)c2ccccc2NC(=O)c2ccccc2)cc1. The van der Waals surface area contributed by atoms with Crippen molar-refractivity contribution in [1.82, 2.24) is 0 Å². The first kappa shape index (κ1) is 20.9. The molecule has 0 radical (unpaired) electrons. The van der Waals surface area contributed by atoms with Crippen LogP contribution in [0.4, 0.5) is 11.4 Å². The third kappa shape index (κ3) is 4.96. The fraction of sp³-hybridized carbons (Fsp3) is 0. The van der Waals surface area contributed by atoms with E-state index in [-0.39, 0.29) is 21.8 Å². The van der Waals surface area contributed by atoms with Gasteiger partial charge in [0.15, 0.2) is 0 Å². The summed E-state index contributed by atoms with van der Waals surface area (Å²) < 4.78 is 22.6. The second-order valence-corrected chi connectivity index (χ2v) is 7.78. The van der Waals surface area contributed by atoms with Crippen molar-refractivity contribution in [3.05, 3.63) is 90.0 Å². The van der Waals surface area contributed by atoms with Crippen LogP contribution in [0.15, 0.2) is 83.8 Å². The zero-order valence-electron chi connectivity index (χ0n) is 15.5. The van der Waals surface area contributed by atoms with E-state index in [1.807, 2.05) is 0 Å². The van der Waals surface area contributed by atoms with Crippen LogP contribution in [-0.4, -0.2) is 26.0 Å². The molecule has 0 atom stereocenters. The predicted molar refractivity (Wildman–Crippen MR) is 112 cm³/mol. The lowest BCUT2D eigenvalue weighted by molar-refractivity contribution is -0.112. The van der Waals surface area contributed by atoms with Crippen molar-refractivity contribution in [2.45, 2.75) is 4.90 Å². The van der Waals surface area contributed by atoms with Gasteiger partial charge < -0.3 is 10.6 Å². The average molecular weight is 423 g/mol. The van der Waals surface area contributed by atoms with Crippen LogP contribution in [-0.2, 0) is 14.8 Å². The maximum Gasteiger partial charge on any atom is 0.296 e. The van der Waals surface area contributed by atoms with Gasteiger partial charge in [-0.15, -0.1) is 0 Å². The number of carbonyl (C=O) groups is 3. The van der Waals surface area contributed by atoms with Gasteiger partial charge in [0.05, 0.1) is 16.1 Å². The third-order valence-electron chi connectivity index (χ3n) is 4.10. The second kappa shape index (κ2) is 8.68. The van der Waals surface area contributed by atoms with Crippen LogP contribution in [0.3, 0.4) is 0 Å². The topological polar surface area (TPSA) is 135 Å². The van der Waals surface area contributed by atoms with Gasteiger partial charge in [-0.3, -0.25) is 14.4 Å². The van der Waals surface area contributed by atoms with Gasteiger partial charge in [-0.1, -0.05) is 30.3 Å². The fourth-order valence-corrected chi connectivity index (χ4v) is 3.13. The molecule has 3 rings (SSSR count). The molecule has 30 heavy (non-hydrogen) atoms. The highest BCUT2D eigenvalue weighted by Crippen LogP contribution is 2.19. The van der Waals surface area contributed by atoms with E-state index in [0.717, 1.165) is 0 Å². The number of carbonyl (C=O) groups excluding carboxylic acids is 3. The molecule has 0 aliphatic carbocycles. The quantitative estimate of drug-likeness (QED) is 0.413. The summed E-state index contributed by atoms with van der Waals surface area (Å²) in [6, 6.07) is 19.6. The summed E-state index contributed by atoms with van der Waals surface area (Å²) in [6.07, 6.45) is 0. The van der Waals surface area contributed by atoms with Crippen LogP contribution in [0.25, 0.3) is 0 Å². The Bertz CT molecular complexity index is 1210. The molecule has 4 N–H and O–H groups in total. The van der Waals surface area contributed by atoms with Gasteiger partial charge in [-0.25, -0.2) is 13.6 Å². The van der Waals surface area contributed by atoms with Crippen molar-refractivity contribution in [1.29, 1.82) is 0 Å². The molecule has 3 aromatic carbocycles. The Hall–Kier alpha value is -3.82. The lowest BCUT2D eigenvalue weighted by Crippen LogP contribution is -2.24. The standard InChI is InChI=1S/C21H17N3O5S/c22-30(28,29)16-12-10-15(11-13-16)23-21(27)19(25)17-8-4-5-9-18(17)24-20(26)14-6-2-1-3-7-14/h1-13H,(H,23,27)(H,24,26)(H2,22,28,29). The van der Waals surface area contributed by atoms with Crippen LogP contribution in [0.5, 0.6) is 0 Å². The summed E-state index contributed by atoms with van der Waals surface area (Å²) in [5.74, 6) is -2.23. The molecule has 0 fully saturated rings. The minimum absolute atomic E-state index is 0.0143. The predicted octanol–water partition coefficient (Wildman–Crippen LogP) is 2.41. The highest BCUT2D eigenvalue weighted by atomic mass is 32.2. The largest absolute Gasteiger partial charge is 0.321 e. The number of sulfonamides is 1. The van der Waals surface area contributed by atoms with E-state index in [0.29, 0.717) is 5.56 Å². The number of rotatable bonds is 6. The number of para-hydroxylation sites is 1. The monoisotopic (exact) mass is 423 g/mol. The van der Waals surface area contributed by atoms with Crippen LogP contribution in [0.1, 0.15) is 20.7 Å². The molecule has 0 aliphatic rings. The minimum Gasteiger partial charge on any atom is -0.321 e. The van der Waals surface area contributed by atoms with Gasteiger partial charge in [0.1, 0.15) is 0 Å². The van der Waals surface area contributed by atoms with Gasteiger partial charge in [0.2, 0.25) is 10.0 Å². The van der Waals surface area contributed by atoms with Crippen molar-refractivity contribution in [3.63, 3.8) is 0 Å². The van der Waals surface area contributed by atoms with Gasteiger partial charge in [0, 0.05) is 11.3 Å². The van der Waals surface area contributed by atoms with Crippen LogP contribution < -0.4 is 15.8 Å². The van der Waals surface area contributed by atoms with E-state index in [1.165, 1.54) is 36.4 Å². The number of amides is 2. The summed E-state index contributed by atoms with van der Waals surface area (Å²) >= 11 is 0. The normalized spacial score (nSPS) is 10.8. The Balaban J connectivity index is 1.76. The molecule has 9 heteroatoms. The van der Waals surface area contributed by atoms with E-state index in [1.54, 1.807) is 42.5 Å². The summed E-state index contributed by atoms with van der Waals surface area (Å²) in [4.78, 5) is 37.3. The summed E-state index contributed by atoms with van der Waals surface area (Å²) in [5, 5.41) is 10.1. The smallest absolute Gasteiger partial charge is 0.296 e. The van der Waals surface area contributed by atoms with E-state index in [9.17, 15) is 22.8 Å². The second-order valence-electron chi connectivity index (χ2n) is 6.22. The number of benzene rings is 3. The summed E-state index contributed by atoms with van der Waals surface area (Å²) in [5.41, 5.74) is 0.821. The Morgan fingerprint density at radius 3 is 1.97 bits per heavy atom. The number of hydrogen-bond acceptors (Lipinski definition) is 5.